The van der Waals surface area contributed by atoms with Crippen LogP contribution in [0.25, 0.3) is 0 Å². The highest BCUT2D eigenvalue weighted by atomic mass is 19.1. The fraction of sp³-hybridized carbons (Fsp3) is 0.462. The summed E-state index contributed by atoms with van der Waals surface area (Å²) in [6.45, 7) is 0. The summed E-state index contributed by atoms with van der Waals surface area (Å²) in [7, 11) is 2.74. The number of hydrogen-bond donors (Lipinski definition) is 0. The molecule has 1 fully saturated rings. The molecule has 2 rings (SSSR count). The van der Waals surface area contributed by atoms with Crippen LogP contribution in [0.3, 0.4) is 0 Å². The summed E-state index contributed by atoms with van der Waals surface area (Å²) in [5, 5.41) is 0. The van der Waals surface area contributed by atoms with Gasteiger partial charge in [-0.1, -0.05) is 6.42 Å². The number of rotatable bonds is 3. The molecule has 0 bridgehead atoms. The largest absolute Gasteiger partial charge is 0.497 e. The van der Waals surface area contributed by atoms with Crippen LogP contribution in [0, 0.1) is 5.82 Å². The molecule has 0 aromatic heterocycles. The summed E-state index contributed by atoms with van der Waals surface area (Å²) in [4.78, 5) is 11.5. The van der Waals surface area contributed by atoms with Crippen LogP contribution in [-0.4, -0.2) is 20.2 Å². The Balaban J connectivity index is 2.47. The summed E-state index contributed by atoms with van der Waals surface area (Å²) in [6, 6.07) is 3.05. The highest BCUT2D eigenvalue weighted by Gasteiger charge is 2.27. The molecular weight excluding hydrogens is 223 g/mol. The third kappa shape index (κ3) is 2.12. The van der Waals surface area contributed by atoms with Crippen LogP contribution in [0.15, 0.2) is 12.1 Å². The number of halogens is 1. The van der Waals surface area contributed by atoms with Crippen LogP contribution in [0.4, 0.5) is 4.39 Å². The van der Waals surface area contributed by atoms with Crippen molar-refractivity contribution in [3.8, 4) is 5.75 Å². The van der Waals surface area contributed by atoms with E-state index in [2.05, 4.69) is 4.74 Å². The fourth-order valence-corrected chi connectivity index (χ4v) is 2.01. The van der Waals surface area contributed by atoms with Gasteiger partial charge in [0.15, 0.2) is 0 Å². The van der Waals surface area contributed by atoms with Crippen LogP contribution in [0.5, 0.6) is 5.75 Å². The normalized spacial score (nSPS) is 15.2. The van der Waals surface area contributed by atoms with Crippen molar-refractivity contribution >= 4 is 5.97 Å². The highest BCUT2D eigenvalue weighted by Crippen LogP contribution is 2.39. The molecular formula is C13H15FO3. The third-order valence-corrected chi connectivity index (χ3v) is 3.26. The summed E-state index contributed by atoms with van der Waals surface area (Å²) in [5.74, 6) is -0.438. The zero-order valence-electron chi connectivity index (χ0n) is 9.96. The molecule has 0 heterocycles. The Hall–Kier alpha value is -1.58. The molecule has 3 nitrogen and oxygen atoms in total. The van der Waals surface area contributed by atoms with Crippen molar-refractivity contribution in [3.63, 3.8) is 0 Å². The first kappa shape index (κ1) is 11.9. The minimum absolute atomic E-state index is 0.0475. The molecule has 17 heavy (non-hydrogen) atoms. The summed E-state index contributed by atoms with van der Waals surface area (Å²) < 4.78 is 23.8. The van der Waals surface area contributed by atoms with Crippen LogP contribution in [0.2, 0.25) is 0 Å². The molecule has 1 aromatic carbocycles. The zero-order valence-corrected chi connectivity index (χ0v) is 9.96. The molecule has 0 atom stereocenters. The van der Waals surface area contributed by atoms with E-state index in [0.717, 1.165) is 19.3 Å². The Kier molecular flexibility index (Phi) is 3.31. The highest BCUT2D eigenvalue weighted by molar-refractivity contribution is 5.90. The maximum Gasteiger partial charge on any atom is 0.340 e. The predicted molar refractivity (Wildman–Crippen MR) is 60.9 cm³/mol. The first-order valence-corrected chi connectivity index (χ1v) is 5.63. The smallest absolute Gasteiger partial charge is 0.340 e. The number of carbonyl (C=O) groups excluding carboxylic acids is 1. The second kappa shape index (κ2) is 4.73. The molecule has 0 amide bonds. The minimum atomic E-state index is -0.665. The summed E-state index contributed by atoms with van der Waals surface area (Å²) in [6.07, 6.45) is 3.03. The molecule has 92 valence electrons. The van der Waals surface area contributed by atoms with E-state index in [1.165, 1.54) is 20.3 Å². The third-order valence-electron chi connectivity index (χ3n) is 3.26. The molecule has 1 aromatic rings. The van der Waals surface area contributed by atoms with Crippen molar-refractivity contribution in [2.45, 2.75) is 25.2 Å². The molecule has 1 aliphatic carbocycles. The first-order chi connectivity index (χ1) is 8.17. The number of ether oxygens (including phenoxy) is 2. The molecule has 0 radical (unpaired) electrons. The first-order valence-electron chi connectivity index (χ1n) is 5.63. The van der Waals surface area contributed by atoms with Crippen molar-refractivity contribution in [3.05, 3.63) is 29.1 Å². The number of carbonyl (C=O) groups is 1. The van der Waals surface area contributed by atoms with Gasteiger partial charge in [0, 0.05) is 0 Å². The van der Waals surface area contributed by atoms with Crippen molar-refractivity contribution in [1.29, 1.82) is 0 Å². The lowest BCUT2D eigenvalue weighted by molar-refractivity contribution is 0.0594. The number of esters is 1. The second-order valence-corrected chi connectivity index (χ2v) is 4.20. The van der Waals surface area contributed by atoms with Gasteiger partial charge in [-0.05, 0) is 36.5 Å². The Bertz CT molecular complexity index is 439. The lowest BCUT2D eigenvalue weighted by atomic mass is 9.79. The standard InChI is InChI=1S/C13H15FO3/c1-16-9-6-10(8-4-3-5-8)12(14)11(7-9)13(15)17-2/h6-8H,3-5H2,1-2H3. The monoisotopic (exact) mass is 238 g/mol. The van der Waals surface area contributed by atoms with E-state index in [9.17, 15) is 9.18 Å². The van der Waals surface area contributed by atoms with E-state index in [1.54, 1.807) is 6.07 Å². The fourth-order valence-electron chi connectivity index (χ4n) is 2.01. The van der Waals surface area contributed by atoms with Gasteiger partial charge in [-0.25, -0.2) is 9.18 Å². The summed E-state index contributed by atoms with van der Waals surface area (Å²) in [5.41, 5.74) is 0.518. The lowest BCUT2D eigenvalue weighted by Gasteiger charge is -2.27. The predicted octanol–water partition coefficient (Wildman–Crippen LogP) is 2.89. The van der Waals surface area contributed by atoms with Crippen molar-refractivity contribution in [1.82, 2.24) is 0 Å². The van der Waals surface area contributed by atoms with Gasteiger partial charge in [-0.15, -0.1) is 0 Å². The number of hydrogen-bond acceptors (Lipinski definition) is 3. The van der Waals surface area contributed by atoms with Crippen LogP contribution < -0.4 is 4.74 Å². The average molecular weight is 238 g/mol. The molecule has 0 aliphatic heterocycles. The van der Waals surface area contributed by atoms with Crippen molar-refractivity contribution in [2.24, 2.45) is 0 Å². The number of methoxy groups -OCH3 is 2. The molecule has 4 heteroatoms. The Morgan fingerprint density at radius 2 is 2.06 bits per heavy atom. The topological polar surface area (TPSA) is 35.5 Å². The maximum atomic E-state index is 14.1. The van der Waals surface area contributed by atoms with Gasteiger partial charge in [-0.3, -0.25) is 0 Å². The van der Waals surface area contributed by atoms with Gasteiger partial charge < -0.3 is 9.47 Å². The minimum Gasteiger partial charge on any atom is -0.497 e. The molecule has 0 spiro atoms. The Labute approximate surface area is 99.5 Å². The van der Waals surface area contributed by atoms with Gasteiger partial charge in [0.05, 0.1) is 19.8 Å². The van der Waals surface area contributed by atoms with Crippen LogP contribution >= 0.6 is 0 Å². The van der Waals surface area contributed by atoms with E-state index < -0.39 is 11.8 Å². The van der Waals surface area contributed by atoms with E-state index >= 15 is 0 Å². The van der Waals surface area contributed by atoms with Crippen LogP contribution in [-0.2, 0) is 4.74 Å². The van der Waals surface area contributed by atoms with Crippen molar-refractivity contribution < 1.29 is 18.7 Å². The van der Waals surface area contributed by atoms with Crippen molar-refractivity contribution in [2.75, 3.05) is 14.2 Å². The Morgan fingerprint density at radius 1 is 1.35 bits per heavy atom. The lowest BCUT2D eigenvalue weighted by Crippen LogP contribution is -2.14. The molecule has 1 saturated carbocycles. The number of benzene rings is 1. The quantitative estimate of drug-likeness (QED) is 0.759. The zero-order chi connectivity index (χ0) is 12.4. The van der Waals surface area contributed by atoms with E-state index in [-0.39, 0.29) is 11.5 Å². The molecule has 0 saturated heterocycles. The Morgan fingerprint density at radius 3 is 2.53 bits per heavy atom. The van der Waals surface area contributed by atoms with E-state index in [4.69, 9.17) is 4.74 Å². The molecule has 1 aliphatic rings. The van der Waals surface area contributed by atoms with Crippen LogP contribution in [0.1, 0.15) is 41.1 Å². The molecule has 0 unspecified atom stereocenters. The summed E-state index contributed by atoms with van der Waals surface area (Å²) >= 11 is 0. The molecule has 0 N–H and O–H groups in total. The van der Waals surface area contributed by atoms with Gasteiger partial charge in [0.1, 0.15) is 11.6 Å². The van der Waals surface area contributed by atoms with Gasteiger partial charge in [0.2, 0.25) is 0 Å². The van der Waals surface area contributed by atoms with Gasteiger partial charge >= 0.3 is 5.97 Å². The van der Waals surface area contributed by atoms with E-state index in [1.807, 2.05) is 0 Å². The average Bonchev–Trinajstić information content (AvgIpc) is 2.28. The SMILES string of the molecule is COC(=O)c1cc(OC)cc(C2CCC2)c1F. The maximum absolute atomic E-state index is 14.1. The van der Waals surface area contributed by atoms with Gasteiger partial charge in [0.25, 0.3) is 0 Å². The second-order valence-electron chi connectivity index (χ2n) is 4.20. The van der Waals surface area contributed by atoms with Gasteiger partial charge in [-0.2, -0.15) is 0 Å². The van der Waals surface area contributed by atoms with E-state index in [0.29, 0.717) is 11.3 Å².